The fourth-order valence-corrected chi connectivity index (χ4v) is 11.4. The molecule has 17 atom stereocenters. The number of nitrogens with one attached hydrogen (secondary N) is 1. The average Bonchev–Trinajstić information content (AvgIpc) is 2.98. The zero-order chi connectivity index (χ0) is 59.7. The van der Waals surface area contributed by atoms with E-state index in [-0.39, 0.29) is 18.9 Å². The number of unbranched alkanes of at least 4 members (excludes halogenated alkanes) is 34. The minimum Gasteiger partial charge on any atom is -0.394 e. The van der Waals surface area contributed by atoms with E-state index in [2.05, 4.69) is 19.2 Å². The summed E-state index contributed by atoms with van der Waals surface area (Å²) in [5.74, 6) is -0.272. The summed E-state index contributed by atoms with van der Waals surface area (Å²) in [7, 11) is 0. The molecule has 17 unspecified atom stereocenters. The fourth-order valence-electron chi connectivity index (χ4n) is 11.4. The van der Waals surface area contributed by atoms with E-state index in [1.165, 1.54) is 180 Å². The van der Waals surface area contributed by atoms with Gasteiger partial charge in [-0.1, -0.05) is 238 Å². The number of rotatable bonds is 50. The molecule has 0 aromatic heterocycles. The van der Waals surface area contributed by atoms with Crippen LogP contribution in [0.1, 0.15) is 251 Å². The van der Waals surface area contributed by atoms with Crippen molar-refractivity contribution in [2.45, 2.75) is 356 Å². The minimum absolute atomic E-state index is 0.249. The SMILES string of the molecule is CCCCCCCCCCCCCCCCCCCCCCC/C=C/C(O)C(COC1OC(CO)C(OC2OC(CO)C(OC3OC(CO)C(O)C(O)C3O)C(O)C2O)C(O)C1O)NC(=O)CCCCCCCCCCCCCCCC. The molecular formula is C63H119NO18. The Balaban J connectivity index is 1.46. The number of aliphatic hydroxyl groups excluding tert-OH is 11. The third-order valence-corrected chi connectivity index (χ3v) is 16.8. The van der Waals surface area contributed by atoms with Gasteiger partial charge in [0.1, 0.15) is 73.2 Å². The molecule has 19 heteroatoms. The first-order chi connectivity index (χ1) is 39.8. The summed E-state index contributed by atoms with van der Waals surface area (Å²) < 4.78 is 34.3. The zero-order valence-electron chi connectivity index (χ0n) is 50.7. The maximum absolute atomic E-state index is 13.3. The van der Waals surface area contributed by atoms with Crippen LogP contribution in [-0.2, 0) is 33.2 Å². The molecule has 19 nitrogen and oxygen atoms in total. The molecule has 3 fully saturated rings. The predicted molar refractivity (Wildman–Crippen MR) is 314 cm³/mol. The first-order valence-corrected chi connectivity index (χ1v) is 32.9. The standard InChI is InChI=1S/C63H119NO18/c1-3-5-7-9-11-13-15-17-19-20-21-22-23-24-25-26-27-28-30-32-34-36-38-40-47(68)46(64-51(69)41-39-37-35-33-31-29-18-16-14-12-10-8-6-4-2)45-77-61-57(75)54(72)59(49(43-66)79-61)82-63-58(76)55(73)60(50(44-67)80-63)81-62-56(74)53(71)52(70)48(42-65)78-62/h38,40,46-50,52-63,65-68,70-76H,3-37,39,41-45H2,1-2H3,(H,64,69)/b40-38+. The lowest BCUT2D eigenvalue weighted by molar-refractivity contribution is -0.379. The van der Waals surface area contributed by atoms with E-state index in [4.69, 9.17) is 28.4 Å². The van der Waals surface area contributed by atoms with Crippen LogP contribution in [0.4, 0.5) is 0 Å². The Hall–Kier alpha value is -1.47. The second-order valence-electron chi connectivity index (χ2n) is 23.9. The van der Waals surface area contributed by atoms with Crippen LogP contribution in [0.15, 0.2) is 12.2 Å². The van der Waals surface area contributed by atoms with Gasteiger partial charge >= 0.3 is 0 Å². The van der Waals surface area contributed by atoms with Crippen molar-refractivity contribution in [3.63, 3.8) is 0 Å². The molecular weight excluding hydrogens is 1060 g/mol. The Morgan fingerprint density at radius 2 is 0.756 bits per heavy atom. The second kappa shape index (κ2) is 46.7. The van der Waals surface area contributed by atoms with E-state index in [1.807, 2.05) is 6.08 Å². The minimum atomic E-state index is -1.97. The van der Waals surface area contributed by atoms with Crippen LogP contribution in [0.5, 0.6) is 0 Å². The van der Waals surface area contributed by atoms with Gasteiger partial charge in [0.25, 0.3) is 0 Å². The maximum atomic E-state index is 13.3. The van der Waals surface area contributed by atoms with E-state index < -0.39 is 124 Å². The highest BCUT2D eigenvalue weighted by Gasteiger charge is 2.53. The molecule has 0 aromatic carbocycles. The van der Waals surface area contributed by atoms with Crippen molar-refractivity contribution in [1.29, 1.82) is 0 Å². The lowest BCUT2D eigenvalue weighted by atomic mass is 9.96. The molecule has 82 heavy (non-hydrogen) atoms. The third-order valence-electron chi connectivity index (χ3n) is 16.8. The lowest BCUT2D eigenvalue weighted by Gasteiger charge is -2.48. The summed E-state index contributed by atoms with van der Waals surface area (Å²) in [6.45, 7) is 1.75. The molecule has 0 spiro atoms. The van der Waals surface area contributed by atoms with Crippen LogP contribution in [-0.4, -0.2) is 193 Å². The highest BCUT2D eigenvalue weighted by Crippen LogP contribution is 2.33. The van der Waals surface area contributed by atoms with Crippen LogP contribution < -0.4 is 5.32 Å². The highest BCUT2D eigenvalue weighted by molar-refractivity contribution is 5.76. The molecule has 0 aliphatic carbocycles. The van der Waals surface area contributed by atoms with Gasteiger partial charge in [0.2, 0.25) is 5.91 Å². The van der Waals surface area contributed by atoms with Crippen molar-refractivity contribution in [2.24, 2.45) is 0 Å². The predicted octanol–water partition coefficient (Wildman–Crippen LogP) is 7.33. The molecule has 0 radical (unpaired) electrons. The molecule has 3 rings (SSSR count). The number of aliphatic hydroxyl groups is 11. The Morgan fingerprint density at radius 1 is 0.427 bits per heavy atom. The molecule has 0 aromatic rings. The topological polar surface area (TPSA) is 307 Å². The maximum Gasteiger partial charge on any atom is 0.220 e. The number of hydrogen-bond donors (Lipinski definition) is 12. The van der Waals surface area contributed by atoms with Crippen LogP contribution >= 0.6 is 0 Å². The molecule has 12 N–H and O–H groups in total. The van der Waals surface area contributed by atoms with Gasteiger partial charge in [0.05, 0.1) is 38.6 Å². The summed E-state index contributed by atoms with van der Waals surface area (Å²) in [6.07, 6.45) is 21.9. The molecule has 3 heterocycles. The highest BCUT2D eigenvalue weighted by atomic mass is 16.8. The van der Waals surface area contributed by atoms with Crippen LogP contribution in [0.2, 0.25) is 0 Å². The monoisotopic (exact) mass is 1180 g/mol. The van der Waals surface area contributed by atoms with Gasteiger partial charge in [-0.2, -0.15) is 0 Å². The Morgan fingerprint density at radius 3 is 1.15 bits per heavy atom. The number of amides is 1. The Bertz CT molecular complexity index is 1550. The van der Waals surface area contributed by atoms with Crippen molar-refractivity contribution in [1.82, 2.24) is 5.32 Å². The molecule has 1 amide bonds. The fraction of sp³-hybridized carbons (Fsp3) is 0.952. The van der Waals surface area contributed by atoms with Gasteiger partial charge in [-0.3, -0.25) is 4.79 Å². The zero-order valence-corrected chi connectivity index (χ0v) is 50.7. The summed E-state index contributed by atoms with van der Waals surface area (Å²) >= 11 is 0. The van der Waals surface area contributed by atoms with Crippen LogP contribution in [0, 0.1) is 0 Å². The number of hydrogen-bond acceptors (Lipinski definition) is 18. The number of allylic oxidation sites excluding steroid dienone is 1. The largest absolute Gasteiger partial charge is 0.394 e. The Labute approximate surface area is 493 Å². The second-order valence-corrected chi connectivity index (χ2v) is 23.9. The molecule has 484 valence electrons. The van der Waals surface area contributed by atoms with E-state index >= 15 is 0 Å². The molecule has 3 aliphatic heterocycles. The number of carbonyl (C=O) groups is 1. The van der Waals surface area contributed by atoms with Crippen LogP contribution in [0.25, 0.3) is 0 Å². The van der Waals surface area contributed by atoms with Gasteiger partial charge < -0.3 is 89.9 Å². The summed E-state index contributed by atoms with van der Waals surface area (Å²) in [6, 6.07) is -0.967. The molecule has 0 saturated carbocycles. The van der Waals surface area contributed by atoms with E-state index in [9.17, 15) is 61.0 Å². The van der Waals surface area contributed by atoms with Crippen molar-refractivity contribution in [3.8, 4) is 0 Å². The van der Waals surface area contributed by atoms with E-state index in [0.29, 0.717) is 6.42 Å². The summed E-state index contributed by atoms with van der Waals surface area (Å²) in [5.41, 5.74) is 0. The quantitative estimate of drug-likeness (QED) is 0.0210. The van der Waals surface area contributed by atoms with Crippen molar-refractivity contribution in [2.75, 3.05) is 26.4 Å². The average molecular weight is 1180 g/mol. The number of ether oxygens (including phenoxy) is 6. The molecule has 3 aliphatic rings. The van der Waals surface area contributed by atoms with Gasteiger partial charge in [-0.05, 0) is 19.3 Å². The lowest BCUT2D eigenvalue weighted by Crippen LogP contribution is -2.66. The van der Waals surface area contributed by atoms with Crippen LogP contribution in [0.3, 0.4) is 0 Å². The van der Waals surface area contributed by atoms with Crippen molar-refractivity contribution >= 4 is 5.91 Å². The smallest absolute Gasteiger partial charge is 0.220 e. The first-order valence-electron chi connectivity index (χ1n) is 32.9. The number of carbonyl (C=O) groups excluding carboxylic acids is 1. The van der Waals surface area contributed by atoms with Crippen molar-refractivity contribution in [3.05, 3.63) is 12.2 Å². The van der Waals surface area contributed by atoms with E-state index in [0.717, 1.165) is 44.9 Å². The first kappa shape index (κ1) is 74.8. The van der Waals surface area contributed by atoms with Gasteiger partial charge in [-0.25, -0.2) is 0 Å². The van der Waals surface area contributed by atoms with Gasteiger partial charge in [-0.15, -0.1) is 0 Å². The van der Waals surface area contributed by atoms with Gasteiger partial charge in [0, 0.05) is 6.42 Å². The van der Waals surface area contributed by atoms with Crippen molar-refractivity contribution < 1.29 is 89.4 Å². The molecule has 0 bridgehead atoms. The summed E-state index contributed by atoms with van der Waals surface area (Å²) in [5, 5.41) is 120. The Kier molecular flexibility index (Phi) is 42.5. The third kappa shape index (κ3) is 29.5. The summed E-state index contributed by atoms with van der Waals surface area (Å²) in [4.78, 5) is 13.3. The molecule has 3 saturated heterocycles. The van der Waals surface area contributed by atoms with E-state index in [1.54, 1.807) is 6.08 Å². The normalized spacial score (nSPS) is 29.6. The van der Waals surface area contributed by atoms with Gasteiger partial charge in [0.15, 0.2) is 18.9 Å².